The van der Waals surface area contributed by atoms with Gasteiger partial charge in [0.2, 0.25) is 0 Å². The number of ether oxygens (including phenoxy) is 1. The van der Waals surface area contributed by atoms with Crippen molar-refractivity contribution in [1.29, 1.82) is 0 Å². The Morgan fingerprint density at radius 3 is 2.71 bits per heavy atom. The Kier molecular flexibility index (Phi) is 5.42. The predicted octanol–water partition coefficient (Wildman–Crippen LogP) is 4.87. The maximum absolute atomic E-state index is 12.6. The van der Waals surface area contributed by atoms with Gasteiger partial charge in [-0.25, -0.2) is 0 Å². The van der Waals surface area contributed by atoms with Crippen molar-refractivity contribution >= 4 is 28.4 Å². The van der Waals surface area contributed by atoms with Crippen LogP contribution in [-0.4, -0.2) is 29.7 Å². The van der Waals surface area contributed by atoms with Crippen LogP contribution in [0.15, 0.2) is 42.5 Å². The number of carbonyl (C=O) groups is 1. The van der Waals surface area contributed by atoms with Gasteiger partial charge >= 0.3 is 0 Å². The van der Waals surface area contributed by atoms with E-state index in [0.29, 0.717) is 12.1 Å². The number of amides is 1. The van der Waals surface area contributed by atoms with Gasteiger partial charge in [-0.05, 0) is 68.1 Å². The number of hydrogen-bond donors (Lipinski definition) is 1. The Balaban J connectivity index is 1.58. The number of hydrogen-bond acceptors (Lipinski definition) is 2. The first-order chi connectivity index (χ1) is 13.5. The Labute approximate surface area is 170 Å². The highest BCUT2D eigenvalue weighted by atomic mass is 35.5. The summed E-state index contributed by atoms with van der Waals surface area (Å²) in [4.78, 5) is 12.6. The summed E-state index contributed by atoms with van der Waals surface area (Å²) in [7, 11) is 0. The molecule has 5 heteroatoms. The van der Waals surface area contributed by atoms with E-state index in [9.17, 15) is 4.79 Å². The van der Waals surface area contributed by atoms with Crippen molar-refractivity contribution in [2.45, 2.75) is 39.3 Å². The van der Waals surface area contributed by atoms with E-state index in [1.54, 1.807) is 0 Å². The third-order valence-electron chi connectivity index (χ3n) is 5.67. The molecular weight excluding hydrogens is 372 g/mol. The third-order valence-corrected chi connectivity index (χ3v) is 5.92. The average molecular weight is 397 g/mol. The molecule has 0 spiro atoms. The molecule has 1 fully saturated rings. The van der Waals surface area contributed by atoms with Crippen LogP contribution in [0.3, 0.4) is 0 Å². The standard InChI is InChI=1S/C23H25ClN2O2/c1-15-16(2)26(14-17-5-8-19(24)9-6-17)22-10-7-18(12-21(15)22)23(27)25-13-20-4-3-11-28-20/h5-10,12,20H,3-4,11,13-14H2,1-2H3,(H,25,27)/t20-/m1/s1. The van der Waals surface area contributed by atoms with Crippen LogP contribution < -0.4 is 5.32 Å². The van der Waals surface area contributed by atoms with Crippen molar-refractivity contribution in [3.63, 3.8) is 0 Å². The van der Waals surface area contributed by atoms with Gasteiger partial charge < -0.3 is 14.6 Å². The number of aromatic nitrogens is 1. The number of halogens is 1. The second-order valence-corrected chi connectivity index (χ2v) is 7.94. The van der Waals surface area contributed by atoms with Crippen molar-refractivity contribution in [3.8, 4) is 0 Å². The zero-order valence-electron chi connectivity index (χ0n) is 16.3. The molecule has 0 unspecified atom stereocenters. The summed E-state index contributed by atoms with van der Waals surface area (Å²) in [5, 5.41) is 4.87. The van der Waals surface area contributed by atoms with Gasteiger partial charge in [-0.2, -0.15) is 0 Å². The highest BCUT2D eigenvalue weighted by Crippen LogP contribution is 2.27. The molecule has 4 nitrogen and oxygen atoms in total. The van der Waals surface area contributed by atoms with Gasteiger partial charge in [-0.15, -0.1) is 0 Å². The fraction of sp³-hybridized carbons (Fsp3) is 0.348. The van der Waals surface area contributed by atoms with Crippen molar-refractivity contribution < 1.29 is 9.53 Å². The van der Waals surface area contributed by atoms with Gasteiger partial charge in [0.25, 0.3) is 5.91 Å². The summed E-state index contributed by atoms with van der Waals surface area (Å²) < 4.78 is 7.88. The van der Waals surface area contributed by atoms with E-state index in [1.165, 1.54) is 16.8 Å². The molecule has 1 aliphatic rings. The largest absolute Gasteiger partial charge is 0.376 e. The molecule has 1 amide bonds. The first kappa shape index (κ1) is 19.0. The molecule has 1 saturated heterocycles. The minimum Gasteiger partial charge on any atom is -0.376 e. The summed E-state index contributed by atoms with van der Waals surface area (Å²) >= 11 is 6.01. The average Bonchev–Trinajstić information content (AvgIpc) is 3.31. The monoisotopic (exact) mass is 396 g/mol. The summed E-state index contributed by atoms with van der Waals surface area (Å²) in [5.41, 5.74) is 5.44. The quantitative estimate of drug-likeness (QED) is 0.668. The summed E-state index contributed by atoms with van der Waals surface area (Å²) in [6, 6.07) is 13.9. The van der Waals surface area contributed by atoms with E-state index in [0.717, 1.165) is 41.9 Å². The number of rotatable bonds is 5. The minimum atomic E-state index is -0.0418. The highest BCUT2D eigenvalue weighted by Gasteiger charge is 2.18. The van der Waals surface area contributed by atoms with Crippen LogP contribution in [0.25, 0.3) is 10.9 Å². The van der Waals surface area contributed by atoms with Crippen molar-refractivity contribution in [3.05, 3.63) is 69.9 Å². The van der Waals surface area contributed by atoms with Crippen molar-refractivity contribution in [2.24, 2.45) is 0 Å². The van der Waals surface area contributed by atoms with E-state index in [-0.39, 0.29) is 12.0 Å². The first-order valence-electron chi connectivity index (χ1n) is 9.76. The Morgan fingerprint density at radius 2 is 2.00 bits per heavy atom. The van der Waals surface area contributed by atoms with Gasteiger partial charge in [0, 0.05) is 46.9 Å². The van der Waals surface area contributed by atoms with Gasteiger partial charge in [-0.1, -0.05) is 23.7 Å². The van der Waals surface area contributed by atoms with Gasteiger partial charge in [0.15, 0.2) is 0 Å². The number of nitrogens with one attached hydrogen (secondary N) is 1. The smallest absolute Gasteiger partial charge is 0.251 e. The molecule has 1 N–H and O–H groups in total. The highest BCUT2D eigenvalue weighted by molar-refractivity contribution is 6.30. The number of carbonyl (C=O) groups excluding carboxylic acids is 1. The zero-order chi connectivity index (χ0) is 19.7. The summed E-state index contributed by atoms with van der Waals surface area (Å²) in [6.07, 6.45) is 2.24. The van der Waals surface area contributed by atoms with Crippen molar-refractivity contribution in [2.75, 3.05) is 13.2 Å². The normalized spacial score (nSPS) is 16.6. The van der Waals surface area contributed by atoms with Gasteiger partial charge in [0.1, 0.15) is 0 Å². The van der Waals surface area contributed by atoms with Crippen LogP contribution in [0.5, 0.6) is 0 Å². The molecular formula is C23H25ClN2O2. The molecule has 2 heterocycles. The number of benzene rings is 2. The predicted molar refractivity (Wildman–Crippen MR) is 113 cm³/mol. The van der Waals surface area contributed by atoms with Crippen LogP contribution in [-0.2, 0) is 11.3 Å². The van der Waals surface area contributed by atoms with Gasteiger partial charge in [-0.3, -0.25) is 4.79 Å². The Morgan fingerprint density at radius 1 is 1.21 bits per heavy atom. The fourth-order valence-corrected chi connectivity index (χ4v) is 4.01. The molecule has 2 aromatic carbocycles. The van der Waals surface area contributed by atoms with E-state index in [4.69, 9.17) is 16.3 Å². The SMILES string of the molecule is Cc1c(C)n(Cc2ccc(Cl)cc2)c2ccc(C(=O)NC[C@H]3CCCO3)cc12. The molecule has 4 rings (SSSR count). The molecule has 3 aromatic rings. The lowest BCUT2D eigenvalue weighted by Gasteiger charge is -2.11. The second kappa shape index (κ2) is 7.98. The van der Waals surface area contributed by atoms with E-state index >= 15 is 0 Å². The Bertz CT molecular complexity index is 1000. The minimum absolute atomic E-state index is 0.0418. The second-order valence-electron chi connectivity index (χ2n) is 7.50. The maximum atomic E-state index is 12.6. The molecule has 0 bridgehead atoms. The molecule has 1 atom stereocenters. The van der Waals surface area contributed by atoms with E-state index < -0.39 is 0 Å². The van der Waals surface area contributed by atoms with E-state index in [1.807, 2.05) is 30.3 Å². The molecule has 146 valence electrons. The topological polar surface area (TPSA) is 43.3 Å². The molecule has 0 radical (unpaired) electrons. The van der Waals surface area contributed by atoms with Crippen LogP contribution >= 0.6 is 11.6 Å². The van der Waals surface area contributed by atoms with E-state index in [2.05, 4.69) is 35.9 Å². The Hall–Kier alpha value is -2.30. The fourth-order valence-electron chi connectivity index (χ4n) is 3.88. The number of aryl methyl sites for hydroxylation is 1. The van der Waals surface area contributed by atoms with Gasteiger partial charge in [0.05, 0.1) is 6.10 Å². The van der Waals surface area contributed by atoms with Crippen LogP contribution in [0.2, 0.25) is 5.02 Å². The lowest BCUT2D eigenvalue weighted by molar-refractivity contribution is 0.0858. The lowest BCUT2D eigenvalue weighted by atomic mass is 10.1. The zero-order valence-corrected chi connectivity index (χ0v) is 17.1. The maximum Gasteiger partial charge on any atom is 0.251 e. The third kappa shape index (κ3) is 3.80. The van der Waals surface area contributed by atoms with Crippen LogP contribution in [0.1, 0.15) is 40.0 Å². The molecule has 0 saturated carbocycles. The molecule has 0 aliphatic carbocycles. The number of nitrogens with zero attached hydrogens (tertiary/aromatic N) is 1. The van der Waals surface area contributed by atoms with Crippen molar-refractivity contribution in [1.82, 2.24) is 9.88 Å². The molecule has 28 heavy (non-hydrogen) atoms. The molecule has 1 aromatic heterocycles. The summed E-state index contributed by atoms with van der Waals surface area (Å²) in [5.74, 6) is -0.0418. The summed E-state index contributed by atoms with van der Waals surface area (Å²) in [6.45, 7) is 6.39. The number of fused-ring (bicyclic) bond motifs is 1. The van der Waals surface area contributed by atoms with Crippen LogP contribution in [0, 0.1) is 13.8 Å². The van der Waals surface area contributed by atoms with Crippen LogP contribution in [0.4, 0.5) is 0 Å². The lowest BCUT2D eigenvalue weighted by Crippen LogP contribution is -2.31. The molecule has 1 aliphatic heterocycles. The first-order valence-corrected chi connectivity index (χ1v) is 10.1.